The van der Waals surface area contributed by atoms with Crippen molar-refractivity contribution in [3.8, 4) is 0 Å². The zero-order chi connectivity index (χ0) is 11.7. The van der Waals surface area contributed by atoms with E-state index in [1.165, 1.54) is 0 Å². The summed E-state index contributed by atoms with van der Waals surface area (Å²) in [5, 5.41) is 0. The van der Waals surface area contributed by atoms with Gasteiger partial charge in [-0.15, -0.1) is 6.58 Å². The third kappa shape index (κ3) is 6.10. The van der Waals surface area contributed by atoms with Gasteiger partial charge in [0.1, 0.15) is 0 Å². The number of phosphoric ester groups is 1. The second-order valence-corrected chi connectivity index (χ2v) is 4.57. The van der Waals surface area contributed by atoms with Gasteiger partial charge in [-0.05, 0) is 20.3 Å². The van der Waals surface area contributed by atoms with Gasteiger partial charge in [0.15, 0.2) is 0 Å². The van der Waals surface area contributed by atoms with Crippen LogP contribution in [-0.4, -0.2) is 19.3 Å². The smallest absolute Gasteiger partial charge is 0.287 e. The van der Waals surface area contributed by atoms with E-state index in [4.69, 9.17) is 13.6 Å². The summed E-state index contributed by atoms with van der Waals surface area (Å²) < 4.78 is 27.3. The van der Waals surface area contributed by atoms with Gasteiger partial charge in [0.25, 0.3) is 0 Å². The Kier molecular flexibility index (Phi) is 7.97. The van der Waals surface area contributed by atoms with Crippen LogP contribution >= 0.6 is 7.82 Å². The third-order valence-electron chi connectivity index (χ3n) is 1.68. The Balaban J connectivity index is 4.36. The Morgan fingerprint density at radius 3 is 2.13 bits per heavy atom. The van der Waals surface area contributed by atoms with E-state index in [-0.39, 0.29) is 6.10 Å². The molecule has 0 aromatic rings. The maximum atomic E-state index is 11.9. The molecule has 0 aromatic carbocycles. The van der Waals surface area contributed by atoms with Crippen LogP contribution in [0, 0.1) is 0 Å². The molecular weight excluding hydrogens is 215 g/mol. The lowest BCUT2D eigenvalue weighted by Crippen LogP contribution is -2.10. The minimum Gasteiger partial charge on any atom is -0.287 e. The van der Waals surface area contributed by atoms with Gasteiger partial charge >= 0.3 is 7.82 Å². The second-order valence-electron chi connectivity index (χ2n) is 2.95. The molecule has 0 N–H and O–H groups in total. The van der Waals surface area contributed by atoms with Crippen molar-refractivity contribution in [3.63, 3.8) is 0 Å². The van der Waals surface area contributed by atoms with E-state index in [2.05, 4.69) is 6.58 Å². The molecule has 0 heterocycles. The number of phosphoric acid groups is 1. The fourth-order valence-electron chi connectivity index (χ4n) is 1.08. The molecule has 0 amide bonds. The molecule has 0 aliphatic heterocycles. The lowest BCUT2D eigenvalue weighted by Gasteiger charge is -2.20. The van der Waals surface area contributed by atoms with Crippen LogP contribution < -0.4 is 0 Å². The average Bonchev–Trinajstić information content (AvgIpc) is 2.17. The standard InChI is InChI=1S/C10H21O4P/c1-5-9-10(6-2)14-15(11,12-7-3)13-8-4/h6,10H,2,5,7-9H2,1,3-4H3/t10-/m0/s1. The molecule has 0 aliphatic rings. The molecule has 0 saturated carbocycles. The van der Waals surface area contributed by atoms with Gasteiger partial charge in [-0.1, -0.05) is 19.4 Å². The molecule has 0 spiro atoms. The molecule has 4 nitrogen and oxygen atoms in total. The van der Waals surface area contributed by atoms with Crippen LogP contribution in [0.2, 0.25) is 0 Å². The third-order valence-corrected chi connectivity index (χ3v) is 3.35. The fraction of sp³-hybridized carbons (Fsp3) is 0.800. The van der Waals surface area contributed by atoms with E-state index in [1.807, 2.05) is 6.92 Å². The van der Waals surface area contributed by atoms with E-state index in [1.54, 1.807) is 19.9 Å². The van der Waals surface area contributed by atoms with Gasteiger partial charge < -0.3 is 0 Å². The van der Waals surface area contributed by atoms with Crippen molar-refractivity contribution in [2.24, 2.45) is 0 Å². The molecule has 90 valence electrons. The first-order valence-corrected chi connectivity index (χ1v) is 6.78. The van der Waals surface area contributed by atoms with Crippen LogP contribution in [0.15, 0.2) is 12.7 Å². The maximum absolute atomic E-state index is 11.9. The van der Waals surface area contributed by atoms with Crippen molar-refractivity contribution in [3.05, 3.63) is 12.7 Å². The van der Waals surface area contributed by atoms with Gasteiger partial charge in [0.2, 0.25) is 0 Å². The molecule has 0 unspecified atom stereocenters. The summed E-state index contributed by atoms with van der Waals surface area (Å²) in [6, 6.07) is 0. The zero-order valence-electron chi connectivity index (χ0n) is 9.77. The highest BCUT2D eigenvalue weighted by Crippen LogP contribution is 2.50. The summed E-state index contributed by atoms with van der Waals surface area (Å²) >= 11 is 0. The summed E-state index contributed by atoms with van der Waals surface area (Å²) in [4.78, 5) is 0. The Labute approximate surface area is 92.2 Å². The highest BCUT2D eigenvalue weighted by atomic mass is 31.2. The normalized spacial score (nSPS) is 13.8. The lowest BCUT2D eigenvalue weighted by atomic mass is 10.2. The first kappa shape index (κ1) is 14.8. The van der Waals surface area contributed by atoms with E-state index < -0.39 is 7.82 Å². The van der Waals surface area contributed by atoms with Gasteiger partial charge in [-0.3, -0.25) is 13.6 Å². The Bertz CT molecular complexity index is 207. The van der Waals surface area contributed by atoms with Crippen molar-refractivity contribution in [2.75, 3.05) is 13.2 Å². The van der Waals surface area contributed by atoms with Crippen LogP contribution in [0.5, 0.6) is 0 Å². The summed E-state index contributed by atoms with van der Waals surface area (Å²) in [5.74, 6) is 0. The van der Waals surface area contributed by atoms with Crippen molar-refractivity contribution in [2.45, 2.75) is 39.7 Å². The largest absolute Gasteiger partial charge is 0.475 e. The predicted molar refractivity (Wildman–Crippen MR) is 60.8 cm³/mol. The Morgan fingerprint density at radius 2 is 1.80 bits per heavy atom. The summed E-state index contributed by atoms with van der Waals surface area (Å²) in [6.07, 6.45) is 3.02. The quantitative estimate of drug-likeness (QED) is 0.453. The molecule has 0 aliphatic carbocycles. The number of hydrogen-bond donors (Lipinski definition) is 0. The number of rotatable bonds is 9. The minimum absolute atomic E-state index is 0.279. The molecule has 0 bridgehead atoms. The average molecular weight is 236 g/mol. The minimum atomic E-state index is -3.39. The van der Waals surface area contributed by atoms with Crippen LogP contribution in [0.25, 0.3) is 0 Å². The van der Waals surface area contributed by atoms with Gasteiger partial charge in [0.05, 0.1) is 19.3 Å². The highest BCUT2D eigenvalue weighted by Gasteiger charge is 2.28. The monoisotopic (exact) mass is 236 g/mol. The topological polar surface area (TPSA) is 44.8 Å². The zero-order valence-corrected chi connectivity index (χ0v) is 10.7. The van der Waals surface area contributed by atoms with Crippen molar-refractivity contribution >= 4 is 7.82 Å². The molecule has 1 atom stereocenters. The van der Waals surface area contributed by atoms with Crippen LogP contribution in [0.3, 0.4) is 0 Å². The molecule has 5 heteroatoms. The summed E-state index contributed by atoms with van der Waals surface area (Å²) in [6.45, 7) is 9.74. The molecule has 0 aromatic heterocycles. The second kappa shape index (κ2) is 8.05. The SMILES string of the molecule is C=C[C@@H](CCC)OP(=O)(OCC)OCC. The molecular formula is C10H21O4P. The van der Waals surface area contributed by atoms with Crippen LogP contribution in [0.1, 0.15) is 33.6 Å². The van der Waals surface area contributed by atoms with Gasteiger partial charge in [0, 0.05) is 0 Å². The van der Waals surface area contributed by atoms with Crippen molar-refractivity contribution in [1.82, 2.24) is 0 Å². The Hall–Kier alpha value is -0.150. The van der Waals surface area contributed by atoms with E-state index in [9.17, 15) is 4.57 Å². The maximum Gasteiger partial charge on any atom is 0.475 e. The summed E-state index contributed by atoms with van der Waals surface area (Å²) in [7, 11) is -3.39. The Morgan fingerprint density at radius 1 is 1.27 bits per heavy atom. The van der Waals surface area contributed by atoms with Crippen molar-refractivity contribution in [1.29, 1.82) is 0 Å². The first-order valence-electron chi connectivity index (χ1n) is 5.31. The van der Waals surface area contributed by atoms with Gasteiger partial charge in [-0.25, -0.2) is 4.57 Å². The first-order chi connectivity index (χ1) is 7.11. The van der Waals surface area contributed by atoms with Gasteiger partial charge in [-0.2, -0.15) is 0 Å². The number of hydrogen-bond acceptors (Lipinski definition) is 4. The molecule has 0 saturated heterocycles. The fourth-order valence-corrected chi connectivity index (χ4v) is 2.43. The predicted octanol–water partition coefficient (Wildman–Crippen LogP) is 3.54. The van der Waals surface area contributed by atoms with E-state index in [0.29, 0.717) is 13.2 Å². The van der Waals surface area contributed by atoms with Crippen molar-refractivity contribution < 1.29 is 18.1 Å². The van der Waals surface area contributed by atoms with Crippen LogP contribution in [-0.2, 0) is 18.1 Å². The molecule has 0 fully saturated rings. The molecule has 0 rings (SSSR count). The summed E-state index contributed by atoms with van der Waals surface area (Å²) in [5.41, 5.74) is 0. The van der Waals surface area contributed by atoms with E-state index in [0.717, 1.165) is 12.8 Å². The highest BCUT2D eigenvalue weighted by molar-refractivity contribution is 7.48. The molecule has 15 heavy (non-hydrogen) atoms. The molecule has 0 radical (unpaired) electrons. The lowest BCUT2D eigenvalue weighted by molar-refractivity contribution is 0.0975. The van der Waals surface area contributed by atoms with Crippen LogP contribution in [0.4, 0.5) is 0 Å². The van der Waals surface area contributed by atoms with E-state index >= 15 is 0 Å².